The number of rotatable bonds is 5. The normalized spacial score (nSPS) is 18.2. The summed E-state index contributed by atoms with van der Waals surface area (Å²) in [5, 5.41) is 0. The second-order valence-corrected chi connectivity index (χ2v) is 8.88. The Morgan fingerprint density at radius 3 is 2.55 bits per heavy atom. The number of likely N-dealkylation sites (tertiary alicyclic amines) is 1. The van der Waals surface area contributed by atoms with Crippen LogP contribution in [0, 0.1) is 0 Å². The van der Waals surface area contributed by atoms with Crippen LogP contribution in [-0.2, 0) is 17.8 Å². The van der Waals surface area contributed by atoms with Crippen LogP contribution in [0.4, 0.5) is 5.82 Å². The number of aryl methyl sites for hydroxylation is 1. The molecule has 0 bridgehead atoms. The molecular weight excluding hydrogens is 416 g/mol. The highest BCUT2D eigenvalue weighted by atomic mass is 16.5. The number of imidazole rings is 1. The predicted molar refractivity (Wildman–Crippen MR) is 128 cm³/mol. The van der Waals surface area contributed by atoms with E-state index in [9.17, 15) is 4.79 Å². The van der Waals surface area contributed by atoms with Crippen LogP contribution >= 0.6 is 0 Å². The van der Waals surface area contributed by atoms with E-state index in [0.29, 0.717) is 43.6 Å². The molecule has 4 heterocycles. The van der Waals surface area contributed by atoms with E-state index in [0.717, 1.165) is 56.1 Å². The number of nitrogens with two attached hydrogens (primary N) is 1. The van der Waals surface area contributed by atoms with Gasteiger partial charge in [0.1, 0.15) is 11.6 Å². The first-order valence-electron chi connectivity index (χ1n) is 11.9. The van der Waals surface area contributed by atoms with Crippen molar-refractivity contribution < 1.29 is 9.53 Å². The average molecular weight is 449 g/mol. The third kappa shape index (κ3) is 4.45. The maximum atomic E-state index is 12.8. The number of anilines is 1. The zero-order valence-electron chi connectivity index (χ0n) is 19.2. The van der Waals surface area contributed by atoms with Gasteiger partial charge in [-0.15, -0.1) is 0 Å². The van der Waals surface area contributed by atoms with E-state index in [-0.39, 0.29) is 5.91 Å². The van der Waals surface area contributed by atoms with Crippen LogP contribution in [0.3, 0.4) is 0 Å². The number of aromatic nitrogens is 3. The lowest BCUT2D eigenvalue weighted by Crippen LogP contribution is -2.41. The summed E-state index contributed by atoms with van der Waals surface area (Å²) in [6.07, 6.45) is 2.05. The molecule has 0 aliphatic carbocycles. The van der Waals surface area contributed by atoms with Crippen molar-refractivity contribution in [3.63, 3.8) is 0 Å². The van der Waals surface area contributed by atoms with E-state index >= 15 is 0 Å². The number of morpholine rings is 1. The van der Waals surface area contributed by atoms with E-state index in [2.05, 4.69) is 39.6 Å². The number of pyridine rings is 1. The number of hydrogen-bond acceptors (Lipinski definition) is 6. The number of piperidine rings is 1. The number of benzene rings is 1. The number of carbonyl (C=O) groups is 1. The summed E-state index contributed by atoms with van der Waals surface area (Å²) in [5.74, 6) is 1.78. The van der Waals surface area contributed by atoms with Gasteiger partial charge >= 0.3 is 0 Å². The molecule has 1 aromatic carbocycles. The summed E-state index contributed by atoms with van der Waals surface area (Å²) in [4.78, 5) is 26.6. The minimum Gasteiger partial charge on any atom is -0.383 e. The highest BCUT2D eigenvalue weighted by Gasteiger charge is 2.26. The van der Waals surface area contributed by atoms with Crippen LogP contribution in [0.15, 0.2) is 36.4 Å². The molecule has 8 nitrogen and oxygen atoms in total. The Morgan fingerprint density at radius 2 is 1.82 bits per heavy atom. The minimum atomic E-state index is -0.0523. The fourth-order valence-corrected chi connectivity index (χ4v) is 5.02. The molecule has 0 spiro atoms. The highest BCUT2D eigenvalue weighted by molar-refractivity contribution is 5.98. The number of hydrogen-bond donors (Lipinski definition) is 1. The summed E-state index contributed by atoms with van der Waals surface area (Å²) in [5.41, 5.74) is 9.98. The van der Waals surface area contributed by atoms with Gasteiger partial charge in [-0.05, 0) is 57.1 Å². The molecule has 2 fully saturated rings. The lowest BCUT2D eigenvalue weighted by Gasteiger charge is -2.32. The van der Waals surface area contributed by atoms with Crippen molar-refractivity contribution >= 4 is 22.8 Å². The van der Waals surface area contributed by atoms with Gasteiger partial charge in [0, 0.05) is 31.2 Å². The van der Waals surface area contributed by atoms with Crippen LogP contribution in [0.1, 0.15) is 47.6 Å². The Hall–Kier alpha value is -2.97. The van der Waals surface area contributed by atoms with Crippen molar-refractivity contribution in [1.82, 2.24) is 24.3 Å². The van der Waals surface area contributed by atoms with E-state index < -0.39 is 0 Å². The number of amides is 1. The lowest BCUT2D eigenvalue weighted by atomic mass is 9.92. The first-order valence-corrected chi connectivity index (χ1v) is 11.9. The van der Waals surface area contributed by atoms with Crippen LogP contribution < -0.4 is 5.73 Å². The Kier molecular flexibility index (Phi) is 6.28. The quantitative estimate of drug-likeness (QED) is 0.646. The summed E-state index contributed by atoms with van der Waals surface area (Å²) in [6, 6.07) is 12.2. The largest absolute Gasteiger partial charge is 0.383 e. The maximum absolute atomic E-state index is 12.8. The fraction of sp³-hybridized carbons (Fsp3) is 0.480. The van der Waals surface area contributed by atoms with Crippen LogP contribution in [0.5, 0.6) is 0 Å². The number of fused-ring (bicyclic) bond motifs is 1. The molecule has 0 unspecified atom stereocenters. The zero-order valence-corrected chi connectivity index (χ0v) is 19.2. The molecular formula is C25H32N6O2. The van der Waals surface area contributed by atoms with Crippen molar-refractivity contribution in [3.05, 3.63) is 53.5 Å². The molecule has 0 atom stereocenters. The van der Waals surface area contributed by atoms with E-state index in [1.807, 2.05) is 18.2 Å². The number of nitrogens with zero attached hydrogens (tertiary/aromatic N) is 5. The zero-order chi connectivity index (χ0) is 22.8. The second kappa shape index (κ2) is 9.49. The van der Waals surface area contributed by atoms with Gasteiger partial charge in [0.2, 0.25) is 0 Å². The molecule has 2 aromatic heterocycles. The van der Waals surface area contributed by atoms with Crippen molar-refractivity contribution in [2.24, 2.45) is 0 Å². The SMILES string of the molecule is CCn1c(CN2CCC(c3ccc(C(=O)N4CCOCC4)c(N)n3)CC2)nc2ccccc21. The molecule has 1 amide bonds. The van der Waals surface area contributed by atoms with Gasteiger partial charge in [0.15, 0.2) is 0 Å². The number of ether oxygens (including phenoxy) is 1. The molecule has 0 saturated carbocycles. The van der Waals surface area contributed by atoms with Gasteiger partial charge in [-0.1, -0.05) is 12.1 Å². The van der Waals surface area contributed by atoms with Gasteiger partial charge in [-0.3, -0.25) is 9.69 Å². The fourth-order valence-electron chi connectivity index (χ4n) is 5.02. The molecule has 2 aliphatic heterocycles. The molecule has 2 aliphatic rings. The van der Waals surface area contributed by atoms with Crippen LogP contribution in [-0.4, -0.2) is 69.6 Å². The molecule has 2 saturated heterocycles. The van der Waals surface area contributed by atoms with Gasteiger partial charge < -0.3 is 19.9 Å². The molecule has 33 heavy (non-hydrogen) atoms. The molecule has 8 heteroatoms. The Balaban J connectivity index is 1.22. The van der Waals surface area contributed by atoms with Crippen molar-refractivity contribution in [3.8, 4) is 0 Å². The summed E-state index contributed by atoms with van der Waals surface area (Å²) >= 11 is 0. The smallest absolute Gasteiger partial charge is 0.257 e. The molecule has 2 N–H and O–H groups in total. The number of para-hydroxylation sites is 2. The van der Waals surface area contributed by atoms with E-state index in [4.69, 9.17) is 15.5 Å². The minimum absolute atomic E-state index is 0.0523. The lowest BCUT2D eigenvalue weighted by molar-refractivity contribution is 0.0303. The van der Waals surface area contributed by atoms with E-state index in [1.54, 1.807) is 4.90 Å². The topological polar surface area (TPSA) is 89.5 Å². The third-order valence-electron chi connectivity index (χ3n) is 6.90. The maximum Gasteiger partial charge on any atom is 0.257 e. The van der Waals surface area contributed by atoms with Crippen molar-refractivity contribution in [2.45, 2.75) is 38.8 Å². The molecule has 3 aromatic rings. The number of carbonyl (C=O) groups excluding carboxylic acids is 1. The molecule has 5 rings (SSSR count). The Labute approximate surface area is 194 Å². The van der Waals surface area contributed by atoms with Crippen LogP contribution in [0.2, 0.25) is 0 Å². The summed E-state index contributed by atoms with van der Waals surface area (Å²) < 4.78 is 7.65. The van der Waals surface area contributed by atoms with Crippen molar-refractivity contribution in [2.75, 3.05) is 45.1 Å². The monoisotopic (exact) mass is 448 g/mol. The highest BCUT2D eigenvalue weighted by Crippen LogP contribution is 2.29. The first kappa shape index (κ1) is 21.9. The first-order chi connectivity index (χ1) is 16.1. The average Bonchev–Trinajstić information content (AvgIpc) is 3.21. The van der Waals surface area contributed by atoms with Gasteiger partial charge in [-0.2, -0.15) is 0 Å². The van der Waals surface area contributed by atoms with Crippen LogP contribution in [0.25, 0.3) is 11.0 Å². The second-order valence-electron chi connectivity index (χ2n) is 8.88. The predicted octanol–water partition coefficient (Wildman–Crippen LogP) is 2.89. The standard InChI is InChI=1S/C25H32N6O2/c1-2-31-22-6-4-3-5-21(22)27-23(31)17-29-11-9-18(10-12-29)20-8-7-19(24(26)28-20)25(32)30-13-15-33-16-14-30/h3-8,18H,2,9-17H2,1H3,(H2,26,28). The molecule has 174 valence electrons. The van der Waals surface area contributed by atoms with Gasteiger partial charge in [0.25, 0.3) is 5.91 Å². The Morgan fingerprint density at radius 1 is 1.06 bits per heavy atom. The molecule has 0 radical (unpaired) electrons. The Bertz CT molecular complexity index is 1130. The summed E-state index contributed by atoms with van der Waals surface area (Å²) in [7, 11) is 0. The number of nitrogen functional groups attached to an aromatic ring is 1. The van der Waals surface area contributed by atoms with Gasteiger partial charge in [-0.25, -0.2) is 9.97 Å². The third-order valence-corrected chi connectivity index (χ3v) is 6.90. The van der Waals surface area contributed by atoms with Gasteiger partial charge in [0.05, 0.1) is 36.4 Å². The van der Waals surface area contributed by atoms with Crippen molar-refractivity contribution in [1.29, 1.82) is 0 Å². The van der Waals surface area contributed by atoms with E-state index in [1.165, 1.54) is 5.52 Å². The summed E-state index contributed by atoms with van der Waals surface area (Å²) in [6.45, 7) is 8.29.